The maximum Gasteiger partial charge on any atom is 0.309 e. The second-order valence-electron chi connectivity index (χ2n) is 7.31. The molecule has 0 radical (unpaired) electrons. The minimum absolute atomic E-state index is 0.0460. The van der Waals surface area contributed by atoms with E-state index in [0.717, 1.165) is 5.56 Å². The largest absolute Gasteiger partial charge is 0.460 e. The Morgan fingerprint density at radius 2 is 1.78 bits per heavy atom. The van der Waals surface area contributed by atoms with Crippen LogP contribution in [0.3, 0.4) is 0 Å². The highest BCUT2D eigenvalue weighted by Gasteiger charge is 2.38. The van der Waals surface area contributed by atoms with E-state index in [-0.39, 0.29) is 29.6 Å². The number of amides is 1. The number of hydrogen-bond acceptors (Lipinski definition) is 5. The lowest BCUT2D eigenvalue weighted by Crippen LogP contribution is -2.48. The molecule has 1 aromatic carbocycles. The molecule has 2 aromatic rings. The van der Waals surface area contributed by atoms with E-state index in [4.69, 9.17) is 9.26 Å². The van der Waals surface area contributed by atoms with Crippen LogP contribution in [-0.4, -0.2) is 28.7 Å². The summed E-state index contributed by atoms with van der Waals surface area (Å²) in [6.07, 6.45) is 1.17. The summed E-state index contributed by atoms with van der Waals surface area (Å²) in [5.41, 5.74) is 1.02. The van der Waals surface area contributed by atoms with Gasteiger partial charge in [-0.2, -0.15) is 0 Å². The lowest BCUT2D eigenvalue weighted by Gasteiger charge is -2.35. The molecule has 1 aliphatic rings. The van der Waals surface area contributed by atoms with Crippen molar-refractivity contribution in [2.45, 2.75) is 59.1 Å². The number of rotatable bonds is 4. The monoisotopic (exact) mass is 372 g/mol. The van der Waals surface area contributed by atoms with Crippen molar-refractivity contribution in [1.29, 1.82) is 0 Å². The van der Waals surface area contributed by atoms with E-state index in [2.05, 4.69) is 10.5 Å². The van der Waals surface area contributed by atoms with E-state index in [1.165, 1.54) is 0 Å². The molecule has 6 nitrogen and oxygen atoms in total. The normalized spacial score (nSPS) is 18.6. The molecule has 3 rings (SSSR count). The number of aromatic nitrogens is 1. The van der Waals surface area contributed by atoms with Crippen molar-refractivity contribution in [3.05, 3.63) is 42.2 Å². The Morgan fingerprint density at radius 1 is 1.15 bits per heavy atom. The zero-order chi connectivity index (χ0) is 20.0. The van der Waals surface area contributed by atoms with Gasteiger partial charge in [0.15, 0.2) is 0 Å². The average molecular weight is 372 g/mol. The summed E-state index contributed by atoms with van der Waals surface area (Å²) >= 11 is 0. The van der Waals surface area contributed by atoms with Crippen LogP contribution in [0.25, 0.3) is 11.3 Å². The molecule has 1 fully saturated rings. The summed E-state index contributed by atoms with van der Waals surface area (Å²) < 4.78 is 10.5. The van der Waals surface area contributed by atoms with Crippen LogP contribution >= 0.6 is 0 Å². The van der Waals surface area contributed by atoms with Crippen LogP contribution in [0.4, 0.5) is 0 Å². The number of hydrogen-bond donors (Lipinski definition) is 1. The maximum atomic E-state index is 12.2. The van der Waals surface area contributed by atoms with Crippen LogP contribution in [0.2, 0.25) is 0 Å². The van der Waals surface area contributed by atoms with E-state index < -0.39 is 5.60 Å². The molecule has 1 N–H and O–H groups in total. The van der Waals surface area contributed by atoms with Crippen molar-refractivity contribution in [2.75, 3.05) is 0 Å². The first-order valence-corrected chi connectivity index (χ1v) is 9.38. The van der Waals surface area contributed by atoms with Gasteiger partial charge >= 0.3 is 5.97 Å². The quantitative estimate of drug-likeness (QED) is 0.813. The predicted molar refractivity (Wildman–Crippen MR) is 103 cm³/mol. The minimum Gasteiger partial charge on any atom is -0.460 e. The Morgan fingerprint density at radius 3 is 2.37 bits per heavy atom. The van der Waals surface area contributed by atoms with E-state index in [1.807, 2.05) is 65.0 Å². The van der Waals surface area contributed by atoms with Crippen molar-refractivity contribution < 1.29 is 18.8 Å². The van der Waals surface area contributed by atoms with Gasteiger partial charge in [0, 0.05) is 17.7 Å². The Kier molecular flexibility index (Phi) is 6.77. The number of nitrogens with zero attached hydrogens (tertiary/aromatic N) is 1. The number of benzene rings is 1. The molecule has 1 heterocycles. The third-order valence-corrected chi connectivity index (χ3v) is 4.02. The highest BCUT2D eigenvalue weighted by molar-refractivity contribution is 5.92. The fraction of sp³-hybridized carbons (Fsp3) is 0.476. The molecular weight excluding hydrogens is 344 g/mol. The van der Waals surface area contributed by atoms with Crippen LogP contribution in [0.5, 0.6) is 0 Å². The zero-order valence-corrected chi connectivity index (χ0v) is 16.6. The minimum atomic E-state index is -0.487. The van der Waals surface area contributed by atoms with Gasteiger partial charge in [-0.15, -0.1) is 0 Å². The molecule has 27 heavy (non-hydrogen) atoms. The summed E-state index contributed by atoms with van der Waals surface area (Å²) in [5, 5.41) is 6.80. The molecule has 0 unspecified atom stereocenters. The Balaban J connectivity index is 0.00000126. The second-order valence-corrected chi connectivity index (χ2v) is 7.31. The number of carbonyl (C=O) groups is 2. The second kappa shape index (κ2) is 8.84. The summed E-state index contributed by atoms with van der Waals surface area (Å²) in [6, 6.07) is 11.1. The number of carbonyl (C=O) groups excluding carboxylic acids is 2. The first kappa shape index (κ1) is 20.7. The van der Waals surface area contributed by atoms with Crippen LogP contribution < -0.4 is 5.32 Å². The van der Waals surface area contributed by atoms with Crippen molar-refractivity contribution in [3.63, 3.8) is 0 Å². The van der Waals surface area contributed by atoms with E-state index >= 15 is 0 Å². The number of nitrogens with one attached hydrogen (secondary N) is 1. The van der Waals surface area contributed by atoms with Gasteiger partial charge in [0.2, 0.25) is 5.76 Å². The summed E-state index contributed by atoms with van der Waals surface area (Å²) in [7, 11) is 0. The van der Waals surface area contributed by atoms with Gasteiger partial charge in [0.25, 0.3) is 5.91 Å². The maximum absolute atomic E-state index is 12.2. The van der Waals surface area contributed by atoms with Gasteiger partial charge in [0.1, 0.15) is 11.3 Å². The molecule has 0 bridgehead atoms. The lowest BCUT2D eigenvalue weighted by molar-refractivity contribution is -0.163. The first-order chi connectivity index (χ1) is 12.8. The van der Waals surface area contributed by atoms with Crippen molar-refractivity contribution in [3.8, 4) is 11.3 Å². The molecule has 1 aromatic heterocycles. The smallest absolute Gasteiger partial charge is 0.309 e. The summed E-state index contributed by atoms with van der Waals surface area (Å²) in [6.45, 7) is 9.53. The van der Waals surface area contributed by atoms with E-state index in [1.54, 1.807) is 6.07 Å². The van der Waals surface area contributed by atoms with Gasteiger partial charge < -0.3 is 14.6 Å². The van der Waals surface area contributed by atoms with Crippen LogP contribution in [0.1, 0.15) is 58.0 Å². The SMILES string of the molecule is CC.CC(C)(C)OC(=O)C1CC(NC(=O)c2cc(-c3ccccc3)no2)C1. The van der Waals surface area contributed by atoms with Gasteiger partial charge in [-0.1, -0.05) is 49.3 Å². The Hall–Kier alpha value is -2.63. The molecule has 0 atom stereocenters. The van der Waals surface area contributed by atoms with Gasteiger partial charge in [-0.3, -0.25) is 9.59 Å². The van der Waals surface area contributed by atoms with Crippen LogP contribution in [0, 0.1) is 5.92 Å². The predicted octanol–water partition coefficient (Wildman–Crippen LogP) is 4.22. The van der Waals surface area contributed by atoms with Gasteiger partial charge in [-0.25, -0.2) is 0 Å². The molecule has 1 amide bonds. The number of esters is 1. The third kappa shape index (κ3) is 5.67. The van der Waals surface area contributed by atoms with Gasteiger partial charge in [0.05, 0.1) is 5.92 Å². The van der Waals surface area contributed by atoms with Crippen molar-refractivity contribution >= 4 is 11.9 Å². The fourth-order valence-electron chi connectivity index (χ4n) is 2.70. The molecule has 6 heteroatoms. The lowest BCUT2D eigenvalue weighted by atomic mass is 9.80. The average Bonchev–Trinajstić information content (AvgIpc) is 3.08. The molecule has 0 aliphatic heterocycles. The Bertz CT molecular complexity index is 756. The van der Waals surface area contributed by atoms with Crippen LogP contribution in [0.15, 0.2) is 40.9 Å². The Labute approximate surface area is 160 Å². The fourth-order valence-corrected chi connectivity index (χ4v) is 2.70. The van der Waals surface area contributed by atoms with Crippen LogP contribution in [-0.2, 0) is 9.53 Å². The molecule has 0 spiro atoms. The summed E-state index contributed by atoms with van der Waals surface area (Å²) in [4.78, 5) is 24.2. The highest BCUT2D eigenvalue weighted by Crippen LogP contribution is 2.30. The van der Waals surface area contributed by atoms with Crippen molar-refractivity contribution in [1.82, 2.24) is 10.5 Å². The summed E-state index contributed by atoms with van der Waals surface area (Å²) in [5.74, 6) is -0.509. The highest BCUT2D eigenvalue weighted by atomic mass is 16.6. The third-order valence-electron chi connectivity index (χ3n) is 4.02. The zero-order valence-electron chi connectivity index (χ0n) is 16.6. The van der Waals surface area contributed by atoms with Gasteiger partial charge in [-0.05, 0) is 33.6 Å². The standard InChI is InChI=1S/C19H22N2O4.C2H6/c1-19(2,3)24-18(23)13-9-14(10-13)20-17(22)16-11-15(21-25-16)12-7-5-4-6-8-12;1-2/h4-8,11,13-14H,9-10H2,1-3H3,(H,20,22);1-2H3. The molecule has 0 saturated heterocycles. The van der Waals surface area contributed by atoms with E-state index in [0.29, 0.717) is 18.5 Å². The molecular formula is C21H28N2O4. The van der Waals surface area contributed by atoms with Crippen molar-refractivity contribution in [2.24, 2.45) is 5.92 Å². The molecule has 1 aliphatic carbocycles. The molecule has 146 valence electrons. The topological polar surface area (TPSA) is 81.4 Å². The van der Waals surface area contributed by atoms with E-state index in [9.17, 15) is 9.59 Å². The first-order valence-electron chi connectivity index (χ1n) is 9.38. The number of ether oxygens (including phenoxy) is 1. The molecule has 1 saturated carbocycles.